The second kappa shape index (κ2) is 7.79. The molecule has 2 heterocycles. The Balaban J connectivity index is 1.48. The van der Waals surface area contributed by atoms with E-state index in [1.54, 1.807) is 0 Å². The zero-order valence-electron chi connectivity index (χ0n) is 16.0. The quantitative estimate of drug-likeness (QED) is 0.535. The standard InChI is InChI=1S/C22H19ClFNO4/c1-13-7-17(20(26)11-27-16-4-5-19(24)18(23)9-16)14(2)25(13)10-15-3-6-21-22(8-15)29-12-28-21/h3-9H,10-12H2,1-2H3. The van der Waals surface area contributed by atoms with E-state index >= 15 is 0 Å². The summed E-state index contributed by atoms with van der Waals surface area (Å²) in [6.07, 6.45) is 0. The first-order valence-electron chi connectivity index (χ1n) is 9.08. The van der Waals surface area contributed by atoms with Crippen molar-refractivity contribution < 1.29 is 23.4 Å². The van der Waals surface area contributed by atoms with E-state index in [9.17, 15) is 9.18 Å². The van der Waals surface area contributed by atoms with E-state index in [2.05, 4.69) is 4.57 Å². The molecule has 150 valence electrons. The topological polar surface area (TPSA) is 49.7 Å². The number of benzene rings is 2. The minimum Gasteiger partial charge on any atom is -0.485 e. The first-order valence-corrected chi connectivity index (χ1v) is 9.46. The molecule has 29 heavy (non-hydrogen) atoms. The van der Waals surface area contributed by atoms with Crippen LogP contribution in [-0.4, -0.2) is 23.8 Å². The van der Waals surface area contributed by atoms with Crippen molar-refractivity contribution in [3.8, 4) is 17.2 Å². The predicted octanol–water partition coefficient (Wildman–Crippen LogP) is 4.94. The summed E-state index contributed by atoms with van der Waals surface area (Å²) >= 11 is 5.75. The Morgan fingerprint density at radius 1 is 1.14 bits per heavy atom. The molecule has 0 bridgehead atoms. The summed E-state index contributed by atoms with van der Waals surface area (Å²) in [5.41, 5.74) is 3.46. The summed E-state index contributed by atoms with van der Waals surface area (Å²) < 4.78 is 31.6. The van der Waals surface area contributed by atoms with Crippen LogP contribution in [0, 0.1) is 19.7 Å². The van der Waals surface area contributed by atoms with Crippen LogP contribution in [0.1, 0.15) is 27.3 Å². The third-order valence-corrected chi connectivity index (χ3v) is 5.20. The summed E-state index contributed by atoms with van der Waals surface area (Å²) in [6.45, 7) is 4.55. The smallest absolute Gasteiger partial charge is 0.231 e. The molecule has 0 saturated heterocycles. The van der Waals surface area contributed by atoms with Crippen LogP contribution in [0.15, 0.2) is 42.5 Å². The number of nitrogens with zero attached hydrogens (tertiary/aromatic N) is 1. The van der Waals surface area contributed by atoms with Crippen molar-refractivity contribution in [3.05, 3.63) is 75.8 Å². The zero-order chi connectivity index (χ0) is 20.5. The third-order valence-electron chi connectivity index (χ3n) is 4.91. The molecule has 0 unspecified atom stereocenters. The van der Waals surface area contributed by atoms with E-state index in [-0.39, 0.29) is 24.2 Å². The number of fused-ring (bicyclic) bond motifs is 1. The second-order valence-electron chi connectivity index (χ2n) is 6.85. The van der Waals surface area contributed by atoms with Gasteiger partial charge in [-0.3, -0.25) is 4.79 Å². The molecule has 1 aromatic heterocycles. The van der Waals surface area contributed by atoms with Gasteiger partial charge >= 0.3 is 0 Å². The van der Waals surface area contributed by atoms with Gasteiger partial charge in [0.25, 0.3) is 0 Å². The van der Waals surface area contributed by atoms with E-state index < -0.39 is 5.82 Å². The maximum Gasteiger partial charge on any atom is 0.231 e. The molecule has 1 aliphatic heterocycles. The number of Topliss-reactive ketones (excluding diaryl/α,β-unsaturated/α-hetero) is 1. The molecular weight excluding hydrogens is 397 g/mol. The predicted molar refractivity (Wildman–Crippen MR) is 107 cm³/mol. The Bertz CT molecular complexity index is 1090. The van der Waals surface area contributed by atoms with Crippen LogP contribution in [0.25, 0.3) is 0 Å². The fourth-order valence-electron chi connectivity index (χ4n) is 3.34. The number of carbonyl (C=O) groups is 1. The molecule has 2 aromatic carbocycles. The Hall–Kier alpha value is -2.99. The molecule has 0 saturated carbocycles. The number of hydrogen-bond acceptors (Lipinski definition) is 4. The molecule has 0 spiro atoms. The molecular formula is C22H19ClFNO4. The molecule has 0 amide bonds. The van der Waals surface area contributed by atoms with Crippen LogP contribution in [0.2, 0.25) is 5.02 Å². The highest BCUT2D eigenvalue weighted by atomic mass is 35.5. The fraction of sp³-hybridized carbons (Fsp3) is 0.227. The first-order chi connectivity index (χ1) is 13.9. The number of aromatic nitrogens is 1. The molecule has 4 rings (SSSR count). The van der Waals surface area contributed by atoms with E-state index in [0.29, 0.717) is 17.9 Å². The van der Waals surface area contributed by atoms with Gasteiger partial charge in [-0.1, -0.05) is 17.7 Å². The van der Waals surface area contributed by atoms with Crippen LogP contribution >= 0.6 is 11.6 Å². The van der Waals surface area contributed by atoms with E-state index in [0.717, 1.165) is 28.5 Å². The van der Waals surface area contributed by atoms with Crippen LogP contribution in [-0.2, 0) is 6.54 Å². The largest absolute Gasteiger partial charge is 0.485 e. The minimum absolute atomic E-state index is 0.0446. The highest BCUT2D eigenvalue weighted by Gasteiger charge is 2.18. The van der Waals surface area contributed by atoms with Crippen molar-refractivity contribution in [2.24, 2.45) is 0 Å². The molecule has 3 aromatic rings. The highest BCUT2D eigenvalue weighted by molar-refractivity contribution is 6.30. The van der Waals surface area contributed by atoms with Crippen molar-refractivity contribution >= 4 is 17.4 Å². The van der Waals surface area contributed by atoms with Gasteiger partial charge in [0.1, 0.15) is 11.6 Å². The molecule has 0 radical (unpaired) electrons. The second-order valence-corrected chi connectivity index (χ2v) is 7.25. The molecule has 1 aliphatic rings. The van der Waals surface area contributed by atoms with Gasteiger partial charge in [0.2, 0.25) is 12.6 Å². The number of aryl methyl sites for hydroxylation is 1. The summed E-state index contributed by atoms with van der Waals surface area (Å²) in [6, 6.07) is 11.7. The van der Waals surface area contributed by atoms with Gasteiger partial charge in [-0.25, -0.2) is 4.39 Å². The minimum atomic E-state index is -0.530. The van der Waals surface area contributed by atoms with E-state index in [1.807, 2.05) is 38.1 Å². The number of ketones is 1. The van der Waals surface area contributed by atoms with Gasteiger partial charge in [0.15, 0.2) is 18.1 Å². The molecule has 0 atom stereocenters. The number of ether oxygens (including phenoxy) is 3. The maximum absolute atomic E-state index is 13.2. The number of carbonyl (C=O) groups excluding carboxylic acids is 1. The van der Waals surface area contributed by atoms with Gasteiger partial charge < -0.3 is 18.8 Å². The van der Waals surface area contributed by atoms with Crippen LogP contribution in [0.4, 0.5) is 4.39 Å². The molecule has 0 aliphatic carbocycles. The maximum atomic E-state index is 13.2. The number of rotatable bonds is 6. The van der Waals surface area contributed by atoms with Crippen LogP contribution < -0.4 is 14.2 Å². The summed E-state index contributed by atoms with van der Waals surface area (Å²) in [5.74, 6) is 1.13. The first kappa shape index (κ1) is 19.3. The Morgan fingerprint density at radius 3 is 2.72 bits per heavy atom. The summed E-state index contributed by atoms with van der Waals surface area (Å²) in [7, 11) is 0. The Kier molecular flexibility index (Phi) is 5.20. The van der Waals surface area contributed by atoms with Gasteiger partial charge in [-0.15, -0.1) is 0 Å². The summed E-state index contributed by atoms with van der Waals surface area (Å²) in [5, 5.41) is -0.0446. The molecule has 7 heteroatoms. The van der Waals surface area contributed by atoms with Crippen molar-refractivity contribution in [1.29, 1.82) is 0 Å². The van der Waals surface area contributed by atoms with Gasteiger partial charge in [-0.2, -0.15) is 0 Å². The summed E-state index contributed by atoms with van der Waals surface area (Å²) in [4.78, 5) is 12.7. The van der Waals surface area contributed by atoms with Gasteiger partial charge in [0, 0.05) is 29.6 Å². The van der Waals surface area contributed by atoms with Gasteiger partial charge in [-0.05, 0) is 49.7 Å². The lowest BCUT2D eigenvalue weighted by Gasteiger charge is -2.11. The normalized spacial score (nSPS) is 12.3. The molecule has 0 N–H and O–H groups in total. The monoisotopic (exact) mass is 415 g/mol. The Labute approximate surface area is 172 Å². The zero-order valence-corrected chi connectivity index (χ0v) is 16.8. The SMILES string of the molecule is Cc1cc(C(=O)COc2ccc(F)c(Cl)c2)c(C)n1Cc1ccc2c(c1)OCO2. The van der Waals surface area contributed by atoms with Crippen molar-refractivity contribution in [1.82, 2.24) is 4.57 Å². The number of halogens is 2. The van der Waals surface area contributed by atoms with Gasteiger partial charge in [0.05, 0.1) is 5.02 Å². The van der Waals surface area contributed by atoms with Crippen molar-refractivity contribution in [2.45, 2.75) is 20.4 Å². The molecule has 0 fully saturated rings. The van der Waals surface area contributed by atoms with E-state index in [1.165, 1.54) is 18.2 Å². The Morgan fingerprint density at radius 2 is 1.93 bits per heavy atom. The van der Waals surface area contributed by atoms with Crippen LogP contribution in [0.5, 0.6) is 17.2 Å². The lowest BCUT2D eigenvalue weighted by molar-refractivity contribution is 0.0920. The highest BCUT2D eigenvalue weighted by Crippen LogP contribution is 2.33. The average molecular weight is 416 g/mol. The lowest BCUT2D eigenvalue weighted by atomic mass is 10.1. The number of hydrogen-bond donors (Lipinski definition) is 0. The van der Waals surface area contributed by atoms with Crippen molar-refractivity contribution in [2.75, 3.05) is 13.4 Å². The van der Waals surface area contributed by atoms with Crippen LogP contribution in [0.3, 0.4) is 0 Å². The molecule has 5 nitrogen and oxygen atoms in total. The fourth-order valence-corrected chi connectivity index (χ4v) is 3.51. The van der Waals surface area contributed by atoms with Crippen molar-refractivity contribution in [3.63, 3.8) is 0 Å². The van der Waals surface area contributed by atoms with E-state index in [4.69, 9.17) is 25.8 Å². The average Bonchev–Trinajstić information content (AvgIpc) is 3.28. The lowest BCUT2D eigenvalue weighted by Crippen LogP contribution is -2.13. The third kappa shape index (κ3) is 3.93.